The minimum Gasteiger partial charge on any atom is -0.483 e. The maximum absolute atomic E-state index is 13.4. The van der Waals surface area contributed by atoms with Crippen LogP contribution < -0.4 is 4.74 Å². The van der Waals surface area contributed by atoms with Gasteiger partial charge < -0.3 is 9.64 Å². The Hall–Kier alpha value is -2.73. The second kappa shape index (κ2) is 10.7. The lowest BCUT2D eigenvalue weighted by molar-refractivity contribution is -0.139. The first-order valence-electron chi connectivity index (χ1n) is 12.8. The van der Waals surface area contributed by atoms with Crippen LogP contribution in [-0.4, -0.2) is 53.8 Å². The van der Waals surface area contributed by atoms with E-state index in [9.17, 15) is 14.0 Å². The highest BCUT2D eigenvalue weighted by atomic mass is 19.1. The molecule has 0 spiro atoms. The standard InChI is InChI=1S/C30H41FN2O3/c1-20-16-33(21(2)15-32(20)17-22-9-11-24(31)12-10-22)27(35)19-36-28-25(29(3,4)5)13-23(18-34)14-26(28)30(6,7)8/h9-14,18,20-21H,15-17,19H2,1-8H3/t20-,21+/m0/s1. The molecule has 1 amide bonds. The average molecular weight is 497 g/mol. The molecule has 196 valence electrons. The number of halogens is 1. The SMILES string of the molecule is C[C@@H]1CN(Cc2ccc(F)cc2)[C@@H](C)CN1C(=O)COc1c(C(C)(C)C)cc(C=O)cc1C(C)(C)C. The number of carbonyl (C=O) groups excluding carboxylic acids is 2. The summed E-state index contributed by atoms with van der Waals surface area (Å²) in [4.78, 5) is 29.2. The smallest absolute Gasteiger partial charge is 0.260 e. The van der Waals surface area contributed by atoms with Crippen LogP contribution in [-0.2, 0) is 22.2 Å². The van der Waals surface area contributed by atoms with Crippen molar-refractivity contribution in [2.75, 3.05) is 19.7 Å². The number of carbonyl (C=O) groups is 2. The zero-order valence-corrected chi connectivity index (χ0v) is 23.0. The fourth-order valence-corrected chi connectivity index (χ4v) is 4.80. The summed E-state index contributed by atoms with van der Waals surface area (Å²) in [7, 11) is 0. The van der Waals surface area contributed by atoms with E-state index in [1.165, 1.54) is 12.1 Å². The Morgan fingerprint density at radius 3 is 2.03 bits per heavy atom. The highest BCUT2D eigenvalue weighted by Crippen LogP contribution is 2.40. The van der Waals surface area contributed by atoms with Crippen molar-refractivity contribution in [2.24, 2.45) is 0 Å². The summed E-state index contributed by atoms with van der Waals surface area (Å²) in [6.07, 6.45) is 0.869. The first-order chi connectivity index (χ1) is 16.7. The van der Waals surface area contributed by atoms with Gasteiger partial charge in [-0.15, -0.1) is 0 Å². The second-order valence-corrected chi connectivity index (χ2v) is 12.2. The summed E-state index contributed by atoms with van der Waals surface area (Å²) in [6.45, 7) is 18.7. The molecule has 0 bridgehead atoms. The van der Waals surface area contributed by atoms with Crippen LogP contribution in [0.25, 0.3) is 0 Å². The van der Waals surface area contributed by atoms with Crippen LogP contribution in [0.5, 0.6) is 5.75 Å². The Bertz CT molecular complexity index is 1050. The van der Waals surface area contributed by atoms with Gasteiger partial charge in [-0.3, -0.25) is 14.5 Å². The van der Waals surface area contributed by atoms with Crippen molar-refractivity contribution in [3.05, 3.63) is 64.5 Å². The van der Waals surface area contributed by atoms with Crippen LogP contribution >= 0.6 is 0 Å². The largest absolute Gasteiger partial charge is 0.483 e. The van der Waals surface area contributed by atoms with Crippen molar-refractivity contribution in [1.29, 1.82) is 0 Å². The molecule has 1 saturated heterocycles. The molecule has 0 saturated carbocycles. The van der Waals surface area contributed by atoms with Crippen molar-refractivity contribution >= 4 is 12.2 Å². The van der Waals surface area contributed by atoms with Crippen LogP contribution in [0.3, 0.4) is 0 Å². The molecule has 1 fully saturated rings. The van der Waals surface area contributed by atoms with Gasteiger partial charge in [0.05, 0.1) is 0 Å². The third-order valence-corrected chi connectivity index (χ3v) is 6.94. The minimum absolute atomic E-state index is 0.0272. The quantitative estimate of drug-likeness (QED) is 0.479. The molecule has 0 aliphatic carbocycles. The molecule has 2 atom stereocenters. The zero-order chi connectivity index (χ0) is 26.8. The summed E-state index contributed by atoms with van der Waals surface area (Å²) in [5.74, 6) is 0.417. The van der Waals surface area contributed by atoms with Gasteiger partial charge in [-0.25, -0.2) is 4.39 Å². The molecule has 6 heteroatoms. The van der Waals surface area contributed by atoms with Gasteiger partial charge in [0.15, 0.2) is 6.61 Å². The minimum atomic E-state index is -0.259. The number of aldehydes is 1. The highest BCUT2D eigenvalue weighted by Gasteiger charge is 2.33. The first-order valence-corrected chi connectivity index (χ1v) is 12.8. The normalized spacial score (nSPS) is 19.3. The molecule has 3 rings (SSSR count). The lowest BCUT2D eigenvalue weighted by Gasteiger charge is -2.44. The second-order valence-electron chi connectivity index (χ2n) is 12.2. The molecule has 1 heterocycles. The van der Waals surface area contributed by atoms with Crippen molar-refractivity contribution in [3.8, 4) is 5.75 Å². The summed E-state index contributed by atoms with van der Waals surface area (Å²) in [5.41, 5.74) is 3.01. The molecule has 5 nitrogen and oxygen atoms in total. The fraction of sp³-hybridized carbons (Fsp3) is 0.533. The van der Waals surface area contributed by atoms with Gasteiger partial charge in [-0.1, -0.05) is 53.7 Å². The predicted molar refractivity (Wildman–Crippen MR) is 142 cm³/mol. The Morgan fingerprint density at radius 2 is 1.53 bits per heavy atom. The Balaban J connectivity index is 1.76. The van der Waals surface area contributed by atoms with E-state index < -0.39 is 0 Å². The molecule has 0 radical (unpaired) electrons. The van der Waals surface area contributed by atoms with Gasteiger partial charge in [0.2, 0.25) is 0 Å². The monoisotopic (exact) mass is 496 g/mol. The van der Waals surface area contributed by atoms with E-state index in [0.717, 1.165) is 36.1 Å². The molecule has 1 aliphatic heterocycles. The van der Waals surface area contributed by atoms with Crippen molar-refractivity contribution < 1.29 is 18.7 Å². The van der Waals surface area contributed by atoms with Gasteiger partial charge in [-0.05, 0) is 54.5 Å². The molecule has 0 N–H and O–H groups in total. The van der Waals surface area contributed by atoms with E-state index in [0.29, 0.717) is 17.9 Å². The molecule has 1 aliphatic rings. The van der Waals surface area contributed by atoms with Gasteiger partial charge in [0.25, 0.3) is 5.91 Å². The van der Waals surface area contributed by atoms with E-state index in [1.54, 1.807) is 0 Å². The predicted octanol–water partition coefficient (Wildman–Crippen LogP) is 5.73. The van der Waals surface area contributed by atoms with Crippen molar-refractivity contribution in [1.82, 2.24) is 9.80 Å². The van der Waals surface area contributed by atoms with E-state index in [1.807, 2.05) is 29.2 Å². The summed E-state index contributed by atoms with van der Waals surface area (Å²) in [5, 5.41) is 0. The van der Waals surface area contributed by atoms with Gasteiger partial charge >= 0.3 is 0 Å². The number of amides is 1. The van der Waals surface area contributed by atoms with Crippen LogP contribution in [0.2, 0.25) is 0 Å². The highest BCUT2D eigenvalue weighted by molar-refractivity contribution is 5.79. The summed E-state index contributed by atoms with van der Waals surface area (Å²) in [6, 6.07) is 10.5. The van der Waals surface area contributed by atoms with E-state index in [2.05, 4.69) is 60.3 Å². The Labute approximate surface area is 215 Å². The van der Waals surface area contributed by atoms with Gasteiger partial charge in [0, 0.05) is 48.4 Å². The first kappa shape index (κ1) is 27.9. The molecule has 0 unspecified atom stereocenters. The van der Waals surface area contributed by atoms with E-state index >= 15 is 0 Å². The summed E-state index contributed by atoms with van der Waals surface area (Å²) >= 11 is 0. The molecule has 2 aromatic rings. The van der Waals surface area contributed by atoms with Crippen LogP contribution in [0.15, 0.2) is 36.4 Å². The third kappa shape index (κ3) is 6.52. The van der Waals surface area contributed by atoms with Crippen LogP contribution in [0.1, 0.15) is 82.4 Å². The molecular formula is C30H41FN2O3. The third-order valence-electron chi connectivity index (χ3n) is 6.94. The van der Waals surface area contributed by atoms with E-state index in [4.69, 9.17) is 4.74 Å². The van der Waals surface area contributed by atoms with E-state index in [-0.39, 0.29) is 41.2 Å². The average Bonchev–Trinajstić information content (AvgIpc) is 2.79. The van der Waals surface area contributed by atoms with Gasteiger partial charge in [-0.2, -0.15) is 0 Å². The van der Waals surface area contributed by atoms with Crippen molar-refractivity contribution in [2.45, 2.75) is 84.8 Å². The number of piperazine rings is 1. The number of hydrogen-bond acceptors (Lipinski definition) is 4. The number of benzene rings is 2. The van der Waals surface area contributed by atoms with Gasteiger partial charge in [0.1, 0.15) is 17.9 Å². The Kier molecular flexibility index (Phi) is 8.29. The molecule has 36 heavy (non-hydrogen) atoms. The molecule has 0 aromatic heterocycles. The number of hydrogen-bond donors (Lipinski definition) is 0. The maximum Gasteiger partial charge on any atom is 0.260 e. The fourth-order valence-electron chi connectivity index (χ4n) is 4.80. The lowest BCUT2D eigenvalue weighted by atomic mass is 9.78. The number of nitrogens with zero attached hydrogens (tertiary/aromatic N) is 2. The lowest BCUT2D eigenvalue weighted by Crippen LogP contribution is -2.58. The topological polar surface area (TPSA) is 49.9 Å². The number of rotatable bonds is 6. The molecule has 2 aromatic carbocycles. The van der Waals surface area contributed by atoms with Crippen LogP contribution in [0, 0.1) is 5.82 Å². The Morgan fingerprint density at radius 1 is 0.972 bits per heavy atom. The molecular weight excluding hydrogens is 455 g/mol. The van der Waals surface area contributed by atoms with Crippen LogP contribution in [0.4, 0.5) is 4.39 Å². The van der Waals surface area contributed by atoms with Crippen molar-refractivity contribution in [3.63, 3.8) is 0 Å². The summed E-state index contributed by atoms with van der Waals surface area (Å²) < 4.78 is 19.6. The zero-order valence-electron chi connectivity index (χ0n) is 23.0. The number of ether oxygens (including phenoxy) is 1. The maximum atomic E-state index is 13.4.